The van der Waals surface area contributed by atoms with E-state index in [1.54, 1.807) is 0 Å². The largest absolute Gasteiger partial charge is 0.382 e. The Balaban J connectivity index is 2.47. The molecule has 0 saturated heterocycles. The lowest BCUT2D eigenvalue weighted by molar-refractivity contribution is 0.131. The Hall–Kier alpha value is -0.570. The van der Waals surface area contributed by atoms with Crippen molar-refractivity contribution in [3.05, 3.63) is 34.9 Å². The van der Waals surface area contributed by atoms with Gasteiger partial charge in [-0.2, -0.15) is 0 Å². The molecular weight excluding hydrogens is 270 g/mol. The molecule has 0 bridgehead atoms. The summed E-state index contributed by atoms with van der Waals surface area (Å²) < 4.78 is 5.50. The minimum absolute atomic E-state index is 0.596. The molecule has 1 rings (SSSR count). The van der Waals surface area contributed by atoms with Gasteiger partial charge in [-0.05, 0) is 62.4 Å². The van der Waals surface area contributed by atoms with Gasteiger partial charge in [-0.3, -0.25) is 0 Å². The van der Waals surface area contributed by atoms with Gasteiger partial charge in [0.05, 0.1) is 0 Å². The molecule has 0 aliphatic rings. The van der Waals surface area contributed by atoms with E-state index in [1.165, 1.54) is 5.56 Å². The first-order chi connectivity index (χ1) is 9.61. The minimum atomic E-state index is 0.596. The van der Waals surface area contributed by atoms with Gasteiger partial charge in [-0.1, -0.05) is 37.6 Å². The molecule has 20 heavy (non-hydrogen) atoms. The lowest BCUT2D eigenvalue weighted by Crippen LogP contribution is -2.28. The monoisotopic (exact) mass is 297 g/mol. The highest BCUT2D eigenvalue weighted by Crippen LogP contribution is 2.16. The van der Waals surface area contributed by atoms with Gasteiger partial charge in [0.2, 0.25) is 0 Å². The van der Waals surface area contributed by atoms with E-state index >= 15 is 0 Å². The molecule has 1 unspecified atom stereocenters. The minimum Gasteiger partial charge on any atom is -0.382 e. The number of ether oxygens (including phenoxy) is 1. The highest BCUT2D eigenvalue weighted by Gasteiger charge is 2.10. The number of benzene rings is 1. The molecule has 114 valence electrons. The fraction of sp³-hybridized carbons (Fsp3) is 0.647. The quantitative estimate of drug-likeness (QED) is 0.654. The van der Waals surface area contributed by atoms with Gasteiger partial charge < -0.3 is 10.1 Å². The van der Waals surface area contributed by atoms with Crippen molar-refractivity contribution < 1.29 is 4.74 Å². The van der Waals surface area contributed by atoms with Gasteiger partial charge in [-0.25, -0.2) is 0 Å². The molecule has 0 fully saturated rings. The molecule has 0 heterocycles. The predicted molar refractivity (Wildman–Crippen MR) is 87.5 cm³/mol. The van der Waals surface area contributed by atoms with Gasteiger partial charge in [0, 0.05) is 18.2 Å². The van der Waals surface area contributed by atoms with Crippen LogP contribution in [0.1, 0.15) is 32.8 Å². The number of halogens is 1. The standard InChI is InChI=1S/C17H28ClNO/c1-4-20-9-8-16(13-19-12-14(2)3)10-15-6-5-7-17(18)11-15/h5-7,11,14,16,19H,4,8-10,12-13H2,1-3H3. The Kier molecular flexibility index (Phi) is 8.92. The zero-order valence-corrected chi connectivity index (χ0v) is 13.7. The Bertz CT molecular complexity index is 368. The smallest absolute Gasteiger partial charge is 0.0469 e. The van der Waals surface area contributed by atoms with Crippen molar-refractivity contribution in [1.29, 1.82) is 0 Å². The lowest BCUT2D eigenvalue weighted by Gasteiger charge is -2.19. The normalized spacial score (nSPS) is 12.8. The summed E-state index contributed by atoms with van der Waals surface area (Å²) in [6, 6.07) is 8.18. The second-order valence-electron chi connectivity index (χ2n) is 5.74. The highest BCUT2D eigenvalue weighted by molar-refractivity contribution is 6.30. The Morgan fingerprint density at radius 1 is 1.25 bits per heavy atom. The van der Waals surface area contributed by atoms with Crippen molar-refractivity contribution in [2.24, 2.45) is 11.8 Å². The highest BCUT2D eigenvalue weighted by atomic mass is 35.5. The van der Waals surface area contributed by atoms with Crippen LogP contribution in [0.15, 0.2) is 24.3 Å². The van der Waals surface area contributed by atoms with Crippen molar-refractivity contribution >= 4 is 11.6 Å². The van der Waals surface area contributed by atoms with Crippen LogP contribution in [0.5, 0.6) is 0 Å². The van der Waals surface area contributed by atoms with Gasteiger partial charge in [-0.15, -0.1) is 0 Å². The van der Waals surface area contributed by atoms with Crippen molar-refractivity contribution in [3.63, 3.8) is 0 Å². The number of hydrogen-bond acceptors (Lipinski definition) is 2. The van der Waals surface area contributed by atoms with Crippen LogP contribution < -0.4 is 5.32 Å². The summed E-state index contributed by atoms with van der Waals surface area (Å²) in [5.41, 5.74) is 1.31. The van der Waals surface area contributed by atoms with Gasteiger partial charge in [0.25, 0.3) is 0 Å². The molecule has 1 aromatic rings. The zero-order valence-electron chi connectivity index (χ0n) is 13.0. The summed E-state index contributed by atoms with van der Waals surface area (Å²) in [5, 5.41) is 4.38. The van der Waals surface area contributed by atoms with Gasteiger partial charge >= 0.3 is 0 Å². The van der Waals surface area contributed by atoms with Crippen molar-refractivity contribution in [2.75, 3.05) is 26.3 Å². The van der Waals surface area contributed by atoms with Gasteiger partial charge in [0.1, 0.15) is 0 Å². The first-order valence-corrected chi connectivity index (χ1v) is 8.02. The summed E-state index contributed by atoms with van der Waals surface area (Å²) in [6.07, 6.45) is 2.14. The first kappa shape index (κ1) is 17.5. The molecule has 0 amide bonds. The second-order valence-corrected chi connectivity index (χ2v) is 6.17. The van der Waals surface area contributed by atoms with Crippen LogP contribution in [0.4, 0.5) is 0 Å². The zero-order chi connectivity index (χ0) is 14.8. The average molecular weight is 298 g/mol. The van der Waals surface area contributed by atoms with E-state index < -0.39 is 0 Å². The van der Waals surface area contributed by atoms with E-state index in [0.29, 0.717) is 11.8 Å². The van der Waals surface area contributed by atoms with E-state index in [0.717, 1.165) is 44.2 Å². The third kappa shape index (κ3) is 7.88. The Morgan fingerprint density at radius 2 is 2.05 bits per heavy atom. The molecule has 0 saturated carbocycles. The Morgan fingerprint density at radius 3 is 2.70 bits per heavy atom. The molecular formula is C17H28ClNO. The van der Waals surface area contributed by atoms with Crippen molar-refractivity contribution in [3.8, 4) is 0 Å². The number of rotatable bonds is 10. The maximum absolute atomic E-state index is 6.06. The molecule has 0 aliphatic heterocycles. The third-order valence-electron chi connectivity index (χ3n) is 3.27. The fourth-order valence-corrected chi connectivity index (χ4v) is 2.46. The SMILES string of the molecule is CCOCCC(CNCC(C)C)Cc1cccc(Cl)c1. The van der Waals surface area contributed by atoms with Crippen LogP contribution in [0.2, 0.25) is 5.02 Å². The van der Waals surface area contributed by atoms with E-state index in [-0.39, 0.29) is 0 Å². The topological polar surface area (TPSA) is 21.3 Å². The summed E-state index contributed by atoms with van der Waals surface area (Å²) in [7, 11) is 0. The number of nitrogens with one attached hydrogen (secondary N) is 1. The predicted octanol–water partition coefficient (Wildman–Crippen LogP) is 4.17. The Labute approximate surface area is 128 Å². The van der Waals surface area contributed by atoms with E-state index in [9.17, 15) is 0 Å². The molecule has 0 aliphatic carbocycles. The average Bonchev–Trinajstić information content (AvgIpc) is 2.38. The summed E-state index contributed by atoms with van der Waals surface area (Å²) in [4.78, 5) is 0. The van der Waals surface area contributed by atoms with Crippen LogP contribution in [-0.4, -0.2) is 26.3 Å². The summed E-state index contributed by atoms with van der Waals surface area (Å²) >= 11 is 6.06. The maximum atomic E-state index is 6.06. The number of hydrogen-bond donors (Lipinski definition) is 1. The fourth-order valence-electron chi connectivity index (χ4n) is 2.24. The van der Waals surface area contributed by atoms with E-state index in [2.05, 4.69) is 31.3 Å². The van der Waals surface area contributed by atoms with Crippen molar-refractivity contribution in [1.82, 2.24) is 5.32 Å². The van der Waals surface area contributed by atoms with Crippen LogP contribution in [0, 0.1) is 11.8 Å². The van der Waals surface area contributed by atoms with Crippen LogP contribution >= 0.6 is 11.6 Å². The molecule has 0 radical (unpaired) electrons. The summed E-state index contributed by atoms with van der Waals surface area (Å²) in [5.74, 6) is 1.28. The molecule has 1 N–H and O–H groups in total. The van der Waals surface area contributed by atoms with Crippen LogP contribution in [0.25, 0.3) is 0 Å². The van der Waals surface area contributed by atoms with E-state index in [1.807, 2.05) is 19.1 Å². The maximum Gasteiger partial charge on any atom is 0.0469 e. The van der Waals surface area contributed by atoms with Gasteiger partial charge in [0.15, 0.2) is 0 Å². The van der Waals surface area contributed by atoms with Crippen LogP contribution in [0.3, 0.4) is 0 Å². The third-order valence-corrected chi connectivity index (χ3v) is 3.51. The summed E-state index contributed by atoms with van der Waals surface area (Å²) in [6.45, 7) is 10.3. The van der Waals surface area contributed by atoms with Crippen LogP contribution in [-0.2, 0) is 11.2 Å². The molecule has 2 nitrogen and oxygen atoms in total. The molecule has 1 atom stereocenters. The van der Waals surface area contributed by atoms with Crippen molar-refractivity contribution in [2.45, 2.75) is 33.6 Å². The second kappa shape index (κ2) is 10.2. The molecule has 3 heteroatoms. The molecule has 1 aromatic carbocycles. The first-order valence-electron chi connectivity index (χ1n) is 7.64. The van der Waals surface area contributed by atoms with E-state index in [4.69, 9.17) is 16.3 Å². The molecule has 0 aromatic heterocycles. The molecule has 0 spiro atoms. The lowest BCUT2D eigenvalue weighted by atomic mass is 9.96.